The van der Waals surface area contributed by atoms with Gasteiger partial charge in [0.05, 0.1) is 6.04 Å². The van der Waals surface area contributed by atoms with E-state index in [1.165, 1.54) is 4.90 Å². The van der Waals surface area contributed by atoms with E-state index < -0.39 is 14.2 Å². The number of hydrogen-bond acceptors (Lipinski definition) is 3. The lowest BCUT2D eigenvalue weighted by Gasteiger charge is -2.20. The van der Waals surface area contributed by atoms with Crippen LogP contribution in [-0.4, -0.2) is 31.0 Å². The van der Waals surface area contributed by atoms with Gasteiger partial charge in [-0.25, -0.2) is 9.69 Å². The molecule has 1 saturated heterocycles. The van der Waals surface area contributed by atoms with E-state index in [0.717, 1.165) is 11.6 Å². The van der Waals surface area contributed by atoms with E-state index in [9.17, 15) is 9.59 Å². The predicted molar refractivity (Wildman–Crippen MR) is 103 cm³/mol. The summed E-state index contributed by atoms with van der Waals surface area (Å²) in [5.41, 5.74) is 1.57. The molecule has 1 unspecified atom stereocenters. The number of allylic oxidation sites excluding steroid dienone is 2. The summed E-state index contributed by atoms with van der Waals surface area (Å²) in [4.78, 5) is 26.2. The maximum absolute atomic E-state index is 12.5. The molecule has 2 amide bonds. The van der Waals surface area contributed by atoms with Crippen LogP contribution in [0.3, 0.4) is 0 Å². The Morgan fingerprint density at radius 1 is 1.28 bits per heavy atom. The Bertz CT molecular complexity index is 674. The number of rotatable bonds is 5. The third-order valence-corrected chi connectivity index (χ3v) is 5.55. The molecule has 1 aliphatic rings. The summed E-state index contributed by atoms with van der Waals surface area (Å²) in [5, 5.41) is 0. The summed E-state index contributed by atoms with van der Waals surface area (Å²) in [6.07, 6.45) is 5.86. The molecule has 0 saturated carbocycles. The molecule has 0 N–H and O–H groups in total. The average molecular weight is 358 g/mol. The zero-order valence-corrected chi connectivity index (χ0v) is 16.5. The van der Waals surface area contributed by atoms with Crippen molar-refractivity contribution in [3.63, 3.8) is 0 Å². The normalized spacial score (nSPS) is 19.8. The highest BCUT2D eigenvalue weighted by Gasteiger charge is 2.38. The van der Waals surface area contributed by atoms with E-state index >= 15 is 0 Å². The summed E-state index contributed by atoms with van der Waals surface area (Å²) in [6, 6.07) is 10.2. The second kappa shape index (κ2) is 8.29. The fourth-order valence-electron chi connectivity index (χ4n) is 2.69. The summed E-state index contributed by atoms with van der Waals surface area (Å²) < 4.78 is 5.37. The smallest absolute Gasteiger partial charge is 0.417 e. The highest BCUT2D eigenvalue weighted by molar-refractivity contribution is 6.76. The van der Waals surface area contributed by atoms with Gasteiger partial charge < -0.3 is 4.74 Å². The number of hydrogen-bond donors (Lipinski definition) is 0. The summed E-state index contributed by atoms with van der Waals surface area (Å²) in [5.74, 6) is -0.247. The van der Waals surface area contributed by atoms with Crippen molar-refractivity contribution in [2.75, 3.05) is 0 Å². The van der Waals surface area contributed by atoms with Crippen molar-refractivity contribution in [1.29, 1.82) is 0 Å². The van der Waals surface area contributed by atoms with Gasteiger partial charge >= 0.3 is 6.09 Å². The van der Waals surface area contributed by atoms with E-state index in [1.54, 1.807) is 6.08 Å². The minimum Gasteiger partial charge on any atom is -0.444 e. The first-order valence-electron chi connectivity index (χ1n) is 8.68. The molecule has 0 spiro atoms. The van der Waals surface area contributed by atoms with Crippen LogP contribution in [0.2, 0.25) is 25.7 Å². The molecular weight excluding hydrogens is 330 g/mol. The lowest BCUT2D eigenvalue weighted by Crippen LogP contribution is -2.38. The van der Waals surface area contributed by atoms with Gasteiger partial charge in [-0.1, -0.05) is 68.2 Å². The van der Waals surface area contributed by atoms with Gasteiger partial charge in [0, 0.05) is 20.1 Å². The van der Waals surface area contributed by atoms with Gasteiger partial charge in [0.15, 0.2) is 0 Å². The fourth-order valence-corrected chi connectivity index (χ4v) is 3.53. The maximum Gasteiger partial charge on any atom is 0.417 e. The monoisotopic (exact) mass is 357 g/mol. The van der Waals surface area contributed by atoms with Crippen LogP contribution >= 0.6 is 0 Å². The van der Waals surface area contributed by atoms with Gasteiger partial charge in [0.2, 0.25) is 0 Å². The molecule has 134 valence electrons. The van der Waals surface area contributed by atoms with Crippen molar-refractivity contribution < 1.29 is 14.3 Å². The molecule has 2 rings (SSSR count). The molecule has 1 atom stereocenters. The molecule has 5 heteroatoms. The van der Waals surface area contributed by atoms with Crippen LogP contribution in [0.1, 0.15) is 18.9 Å². The van der Waals surface area contributed by atoms with Gasteiger partial charge in [-0.15, -0.1) is 0 Å². The number of likely N-dealkylation sites (tertiary alicyclic amines) is 1. The SMILES string of the molecule is C/C=C1\CC(/C=C/C[Si](C)(C)C)N(C(=O)OCc2ccccc2)C1=O. The second-order valence-electron chi connectivity index (χ2n) is 7.49. The summed E-state index contributed by atoms with van der Waals surface area (Å²) in [6.45, 7) is 8.87. The number of carbonyl (C=O) groups excluding carboxylic acids is 2. The van der Waals surface area contributed by atoms with Gasteiger partial charge in [0.1, 0.15) is 6.61 Å². The largest absolute Gasteiger partial charge is 0.444 e. The minimum atomic E-state index is -1.20. The van der Waals surface area contributed by atoms with Crippen LogP contribution in [0.15, 0.2) is 54.1 Å². The molecule has 1 aromatic carbocycles. The van der Waals surface area contributed by atoms with Crippen molar-refractivity contribution in [3.05, 3.63) is 59.7 Å². The van der Waals surface area contributed by atoms with Crippen molar-refractivity contribution >= 4 is 20.1 Å². The van der Waals surface area contributed by atoms with Crippen LogP contribution in [-0.2, 0) is 16.1 Å². The van der Waals surface area contributed by atoms with E-state index in [0.29, 0.717) is 12.0 Å². The van der Waals surface area contributed by atoms with Crippen molar-refractivity contribution in [2.24, 2.45) is 0 Å². The molecule has 1 aliphatic heterocycles. The zero-order chi connectivity index (χ0) is 18.4. The number of ether oxygens (including phenoxy) is 1. The molecule has 0 radical (unpaired) electrons. The minimum absolute atomic E-state index is 0.167. The van der Waals surface area contributed by atoms with Crippen molar-refractivity contribution in [3.8, 4) is 0 Å². The molecular formula is C20H27NO3Si. The molecule has 1 heterocycles. The highest BCUT2D eigenvalue weighted by atomic mass is 28.3. The molecule has 1 fully saturated rings. The van der Waals surface area contributed by atoms with E-state index in [4.69, 9.17) is 4.74 Å². The number of amides is 2. The molecule has 0 bridgehead atoms. The Hall–Kier alpha value is -2.14. The summed E-state index contributed by atoms with van der Waals surface area (Å²) in [7, 11) is -1.20. The Morgan fingerprint density at radius 3 is 2.56 bits per heavy atom. The third-order valence-electron chi connectivity index (χ3n) is 4.09. The van der Waals surface area contributed by atoms with Crippen molar-refractivity contribution in [1.82, 2.24) is 4.90 Å². The average Bonchev–Trinajstić information content (AvgIpc) is 2.88. The maximum atomic E-state index is 12.5. The van der Waals surface area contributed by atoms with Crippen LogP contribution in [0.25, 0.3) is 0 Å². The molecule has 0 aromatic heterocycles. The number of carbonyl (C=O) groups is 2. The fraction of sp³-hybridized carbons (Fsp3) is 0.400. The highest BCUT2D eigenvalue weighted by Crippen LogP contribution is 2.26. The third kappa shape index (κ3) is 5.43. The van der Waals surface area contributed by atoms with Gasteiger partial charge in [0.25, 0.3) is 5.91 Å². The Morgan fingerprint density at radius 2 is 1.96 bits per heavy atom. The molecule has 25 heavy (non-hydrogen) atoms. The van der Waals surface area contributed by atoms with Crippen LogP contribution < -0.4 is 0 Å². The Labute approximate surface area is 151 Å². The topological polar surface area (TPSA) is 46.6 Å². The number of imide groups is 1. The molecule has 4 nitrogen and oxygen atoms in total. The molecule has 0 aliphatic carbocycles. The number of nitrogens with zero attached hydrogens (tertiary/aromatic N) is 1. The van der Waals surface area contributed by atoms with Crippen molar-refractivity contribution in [2.45, 2.75) is 51.7 Å². The van der Waals surface area contributed by atoms with Crippen LogP contribution in [0.4, 0.5) is 4.79 Å². The first kappa shape index (κ1) is 19.2. The molecule has 1 aromatic rings. The Kier molecular flexibility index (Phi) is 6.37. The quantitative estimate of drug-likeness (QED) is 0.433. The standard InChI is InChI=1S/C20H27NO3Si/c1-5-17-14-18(12-9-13-25(2,3)4)21(19(17)22)20(23)24-15-16-10-7-6-8-11-16/h5-12,18H,13-15H2,1-4H3/b12-9+,17-5+. The number of benzene rings is 1. The van der Waals surface area contributed by atoms with Crippen LogP contribution in [0.5, 0.6) is 0 Å². The van der Waals surface area contributed by atoms with E-state index in [2.05, 4.69) is 25.7 Å². The van der Waals surface area contributed by atoms with Gasteiger partial charge in [-0.05, 0) is 18.5 Å². The van der Waals surface area contributed by atoms with Gasteiger partial charge in [-0.3, -0.25) is 4.79 Å². The van der Waals surface area contributed by atoms with Gasteiger partial charge in [-0.2, -0.15) is 0 Å². The van der Waals surface area contributed by atoms with Crippen LogP contribution in [0, 0.1) is 0 Å². The predicted octanol–water partition coefficient (Wildman–Crippen LogP) is 4.76. The van der Waals surface area contributed by atoms with E-state index in [-0.39, 0.29) is 18.6 Å². The second-order valence-corrected chi connectivity index (χ2v) is 13.0. The Balaban J connectivity index is 2.07. The lowest BCUT2D eigenvalue weighted by molar-refractivity contribution is -0.124. The first-order chi connectivity index (χ1) is 11.8. The van der Waals surface area contributed by atoms with E-state index in [1.807, 2.05) is 43.3 Å². The summed E-state index contributed by atoms with van der Waals surface area (Å²) >= 11 is 0. The first-order valence-corrected chi connectivity index (χ1v) is 12.4. The zero-order valence-electron chi connectivity index (χ0n) is 15.5. The lowest BCUT2D eigenvalue weighted by atomic mass is 10.1.